The molecule has 12 heavy (non-hydrogen) atoms. The molecule has 0 spiro atoms. The summed E-state index contributed by atoms with van der Waals surface area (Å²) in [7, 11) is 0. The minimum absolute atomic E-state index is 0.629. The van der Waals surface area contributed by atoms with E-state index in [4.69, 9.17) is 11.3 Å². The molecule has 0 fully saturated rings. The minimum Gasteiger partial charge on any atom is -0.495 e. The summed E-state index contributed by atoms with van der Waals surface area (Å²) in [6.07, 6.45) is 0. The van der Waals surface area contributed by atoms with Gasteiger partial charge in [0.05, 0.1) is 13.2 Å². The van der Waals surface area contributed by atoms with E-state index in [0.29, 0.717) is 12.3 Å². The summed E-state index contributed by atoms with van der Waals surface area (Å²) in [5.41, 5.74) is 1.70. The van der Waals surface area contributed by atoms with Crippen molar-refractivity contribution in [2.24, 2.45) is 0 Å². The van der Waals surface area contributed by atoms with E-state index < -0.39 is 0 Å². The number of benzene rings is 1. The molecule has 62 valence electrons. The van der Waals surface area contributed by atoms with Crippen LogP contribution in [0.3, 0.4) is 0 Å². The summed E-state index contributed by atoms with van der Waals surface area (Å²) in [4.78, 5) is 3.32. The maximum Gasteiger partial charge on any atom is 0.190 e. The van der Waals surface area contributed by atoms with Crippen LogP contribution < -0.4 is 4.74 Å². The van der Waals surface area contributed by atoms with Crippen molar-refractivity contribution in [2.75, 3.05) is 6.61 Å². The Balaban J connectivity index is 3.01. The van der Waals surface area contributed by atoms with Gasteiger partial charge in [-0.3, -0.25) is 0 Å². The Bertz CT molecular complexity index is 312. The van der Waals surface area contributed by atoms with Crippen molar-refractivity contribution in [1.82, 2.24) is 0 Å². The topological polar surface area (TPSA) is 13.6 Å². The van der Waals surface area contributed by atoms with Crippen LogP contribution in [-0.4, -0.2) is 6.61 Å². The van der Waals surface area contributed by atoms with E-state index in [1.807, 2.05) is 19.9 Å². The molecule has 0 heterocycles. The van der Waals surface area contributed by atoms with Crippen molar-refractivity contribution >= 4 is 5.69 Å². The summed E-state index contributed by atoms with van der Waals surface area (Å²) in [5.74, 6) is 0.811. The Labute approximate surface area is 72.6 Å². The first-order chi connectivity index (χ1) is 5.77. The van der Waals surface area contributed by atoms with E-state index in [9.17, 15) is 0 Å². The first-order valence-electron chi connectivity index (χ1n) is 3.89. The van der Waals surface area contributed by atoms with Crippen LogP contribution in [0.15, 0.2) is 18.2 Å². The first kappa shape index (κ1) is 8.61. The lowest BCUT2D eigenvalue weighted by atomic mass is 10.2. The number of hydrogen-bond donors (Lipinski definition) is 0. The minimum atomic E-state index is 0.629. The molecule has 0 saturated carbocycles. The molecule has 0 unspecified atom stereocenters. The quantitative estimate of drug-likeness (QED) is 0.608. The van der Waals surface area contributed by atoms with Crippen LogP contribution in [0.4, 0.5) is 5.69 Å². The molecule has 2 nitrogen and oxygen atoms in total. The molecular weight excluding hydrogens is 150 g/mol. The van der Waals surface area contributed by atoms with Crippen LogP contribution in [0, 0.1) is 13.5 Å². The van der Waals surface area contributed by atoms with Crippen LogP contribution in [-0.2, 0) is 0 Å². The lowest BCUT2D eigenvalue weighted by molar-refractivity contribution is 0.338. The summed E-state index contributed by atoms with van der Waals surface area (Å²) in [5, 5.41) is 0. The molecule has 0 aliphatic rings. The summed E-state index contributed by atoms with van der Waals surface area (Å²) in [6.45, 7) is 11.4. The fourth-order valence-electron chi connectivity index (χ4n) is 0.969. The average molecular weight is 161 g/mol. The molecule has 0 atom stereocenters. The molecular formula is C10H11NO. The number of rotatable bonds is 2. The highest BCUT2D eigenvalue weighted by Gasteiger charge is 1.99. The highest BCUT2D eigenvalue weighted by atomic mass is 16.5. The van der Waals surface area contributed by atoms with Gasteiger partial charge >= 0.3 is 0 Å². The summed E-state index contributed by atoms with van der Waals surface area (Å²) < 4.78 is 5.34. The number of hydrogen-bond acceptors (Lipinski definition) is 1. The van der Waals surface area contributed by atoms with E-state index in [2.05, 4.69) is 4.85 Å². The summed E-state index contributed by atoms with van der Waals surface area (Å²) in [6, 6.07) is 5.47. The number of ether oxygens (including phenoxy) is 1. The molecule has 1 aromatic rings. The van der Waals surface area contributed by atoms with Gasteiger partial charge in [0.1, 0.15) is 5.75 Å². The van der Waals surface area contributed by atoms with Gasteiger partial charge in [0.2, 0.25) is 0 Å². The van der Waals surface area contributed by atoms with Crippen molar-refractivity contribution < 1.29 is 4.74 Å². The van der Waals surface area contributed by atoms with Crippen molar-refractivity contribution in [1.29, 1.82) is 0 Å². The zero-order valence-corrected chi connectivity index (χ0v) is 7.29. The van der Waals surface area contributed by atoms with Crippen LogP contribution in [0.2, 0.25) is 0 Å². The lowest BCUT2D eigenvalue weighted by Gasteiger charge is -2.06. The summed E-state index contributed by atoms with van der Waals surface area (Å²) >= 11 is 0. The Morgan fingerprint density at radius 1 is 1.50 bits per heavy atom. The highest BCUT2D eigenvalue weighted by molar-refractivity contribution is 5.52. The van der Waals surface area contributed by atoms with Crippen LogP contribution >= 0.6 is 0 Å². The van der Waals surface area contributed by atoms with Gasteiger partial charge in [-0.2, -0.15) is 0 Å². The third-order valence-corrected chi connectivity index (χ3v) is 1.60. The molecule has 0 N–H and O–H groups in total. The first-order valence-corrected chi connectivity index (χ1v) is 3.89. The van der Waals surface area contributed by atoms with Crippen LogP contribution in [0.1, 0.15) is 12.5 Å². The largest absolute Gasteiger partial charge is 0.495 e. The van der Waals surface area contributed by atoms with Gasteiger partial charge in [-0.25, -0.2) is 4.85 Å². The van der Waals surface area contributed by atoms with Crippen molar-refractivity contribution in [3.8, 4) is 5.75 Å². The molecule has 0 radical (unpaired) electrons. The van der Waals surface area contributed by atoms with E-state index in [1.54, 1.807) is 12.1 Å². The van der Waals surface area contributed by atoms with Gasteiger partial charge in [-0.1, -0.05) is 12.1 Å². The molecule has 0 aromatic heterocycles. The average Bonchev–Trinajstić information content (AvgIpc) is 2.09. The predicted octanol–water partition coefficient (Wildman–Crippen LogP) is 2.94. The fourth-order valence-corrected chi connectivity index (χ4v) is 0.969. The molecule has 1 aromatic carbocycles. The van der Waals surface area contributed by atoms with Crippen molar-refractivity contribution in [3.63, 3.8) is 0 Å². The molecule has 0 bridgehead atoms. The van der Waals surface area contributed by atoms with Gasteiger partial charge < -0.3 is 4.74 Å². The maximum absolute atomic E-state index is 6.81. The standard InChI is InChI=1S/C10H11NO/c1-4-12-10-7-9(11-3)6-5-8(10)2/h5-7H,4H2,1-2H3. The molecule has 1 rings (SSSR count). The molecule has 0 saturated heterocycles. The number of aryl methyl sites for hydroxylation is 1. The van der Waals surface area contributed by atoms with Gasteiger partial charge in [-0.05, 0) is 25.5 Å². The predicted molar refractivity (Wildman–Crippen MR) is 48.6 cm³/mol. The van der Waals surface area contributed by atoms with Gasteiger partial charge in [0, 0.05) is 0 Å². The zero-order chi connectivity index (χ0) is 8.97. The van der Waals surface area contributed by atoms with Gasteiger partial charge in [0.25, 0.3) is 0 Å². The Hall–Kier alpha value is -1.49. The monoisotopic (exact) mass is 161 g/mol. The zero-order valence-electron chi connectivity index (χ0n) is 7.29. The third kappa shape index (κ3) is 1.76. The van der Waals surface area contributed by atoms with Crippen LogP contribution in [0.25, 0.3) is 4.85 Å². The van der Waals surface area contributed by atoms with Crippen molar-refractivity contribution in [2.45, 2.75) is 13.8 Å². The normalized spacial score (nSPS) is 9.08. The van der Waals surface area contributed by atoms with Crippen LogP contribution in [0.5, 0.6) is 5.75 Å². The lowest BCUT2D eigenvalue weighted by Crippen LogP contribution is -1.92. The second kappa shape index (κ2) is 3.77. The number of nitrogens with zero attached hydrogens (tertiary/aromatic N) is 1. The third-order valence-electron chi connectivity index (χ3n) is 1.60. The SMILES string of the molecule is [C-]#[N+]c1ccc(C)c(OCC)c1. The molecule has 0 amide bonds. The van der Waals surface area contributed by atoms with Crippen molar-refractivity contribution in [3.05, 3.63) is 35.2 Å². The van der Waals surface area contributed by atoms with E-state index in [-0.39, 0.29) is 0 Å². The van der Waals surface area contributed by atoms with E-state index >= 15 is 0 Å². The highest BCUT2D eigenvalue weighted by Crippen LogP contribution is 2.24. The van der Waals surface area contributed by atoms with E-state index in [0.717, 1.165) is 11.3 Å². The molecule has 2 heteroatoms. The molecule has 0 aliphatic heterocycles. The van der Waals surface area contributed by atoms with E-state index in [1.165, 1.54) is 0 Å². The molecule has 0 aliphatic carbocycles. The second-order valence-corrected chi connectivity index (χ2v) is 2.49. The fraction of sp³-hybridized carbons (Fsp3) is 0.300. The van der Waals surface area contributed by atoms with Gasteiger partial charge in [0.15, 0.2) is 5.69 Å². The van der Waals surface area contributed by atoms with Gasteiger partial charge in [-0.15, -0.1) is 0 Å². The Morgan fingerprint density at radius 3 is 2.83 bits per heavy atom. The Kier molecular flexibility index (Phi) is 2.71. The smallest absolute Gasteiger partial charge is 0.190 e. The Morgan fingerprint density at radius 2 is 2.25 bits per heavy atom. The second-order valence-electron chi connectivity index (χ2n) is 2.49. The maximum atomic E-state index is 6.81.